The summed E-state index contributed by atoms with van der Waals surface area (Å²) in [7, 11) is 1.68. The van der Waals surface area contributed by atoms with Crippen molar-refractivity contribution in [1.82, 2.24) is 0 Å². The fourth-order valence-corrected chi connectivity index (χ4v) is 1.84. The summed E-state index contributed by atoms with van der Waals surface area (Å²) in [6.45, 7) is 7.03. The number of hydrogen-bond donors (Lipinski definition) is 0. The Kier molecular flexibility index (Phi) is 3.36. The predicted molar refractivity (Wildman–Crippen MR) is 68.8 cm³/mol. The highest BCUT2D eigenvalue weighted by atomic mass is 16.5. The Bertz CT molecular complexity index is 438. The van der Waals surface area contributed by atoms with Gasteiger partial charge in [0.25, 0.3) is 0 Å². The molecule has 1 aromatic rings. The molecule has 0 saturated heterocycles. The van der Waals surface area contributed by atoms with E-state index in [0.29, 0.717) is 12.5 Å². The van der Waals surface area contributed by atoms with Crippen molar-refractivity contribution in [3.63, 3.8) is 0 Å². The standard InChI is InChI=1S/C14H19NO2/c1-9(2)12-8-17-14(15-12)11-6-5-10(3)13(7-11)16-4/h5-7,9,12H,8H2,1-4H3/t12-/m1/s1. The second-order valence-corrected chi connectivity index (χ2v) is 4.74. The Labute approximate surface area is 102 Å². The van der Waals surface area contributed by atoms with Crippen LogP contribution in [-0.2, 0) is 4.74 Å². The third-order valence-corrected chi connectivity index (χ3v) is 3.10. The Hall–Kier alpha value is -1.51. The summed E-state index contributed by atoms with van der Waals surface area (Å²) in [5.74, 6) is 2.13. The van der Waals surface area contributed by atoms with E-state index in [1.807, 2.05) is 25.1 Å². The van der Waals surface area contributed by atoms with Crippen molar-refractivity contribution in [1.29, 1.82) is 0 Å². The van der Waals surface area contributed by atoms with Crippen LogP contribution in [0.3, 0.4) is 0 Å². The molecule has 1 aromatic carbocycles. The van der Waals surface area contributed by atoms with Crippen LogP contribution < -0.4 is 4.74 Å². The molecule has 1 aliphatic rings. The lowest BCUT2D eigenvalue weighted by atomic mass is 10.1. The highest BCUT2D eigenvalue weighted by molar-refractivity contribution is 5.95. The number of rotatable bonds is 3. The molecule has 1 atom stereocenters. The van der Waals surface area contributed by atoms with Gasteiger partial charge in [-0.3, -0.25) is 0 Å². The average Bonchev–Trinajstić information content (AvgIpc) is 2.79. The maximum absolute atomic E-state index is 5.65. The highest BCUT2D eigenvalue weighted by Crippen LogP contribution is 2.23. The zero-order valence-corrected chi connectivity index (χ0v) is 10.9. The molecular formula is C14H19NO2. The first-order valence-electron chi connectivity index (χ1n) is 5.97. The average molecular weight is 233 g/mol. The number of hydrogen-bond acceptors (Lipinski definition) is 3. The number of methoxy groups -OCH3 is 1. The van der Waals surface area contributed by atoms with E-state index in [1.165, 1.54) is 0 Å². The van der Waals surface area contributed by atoms with Gasteiger partial charge in [-0.2, -0.15) is 0 Å². The van der Waals surface area contributed by atoms with Crippen LogP contribution in [0.1, 0.15) is 25.0 Å². The Morgan fingerprint density at radius 3 is 2.76 bits per heavy atom. The van der Waals surface area contributed by atoms with Crippen LogP contribution in [-0.4, -0.2) is 25.7 Å². The van der Waals surface area contributed by atoms with Gasteiger partial charge in [0.2, 0.25) is 5.90 Å². The molecule has 0 aliphatic carbocycles. The molecule has 1 heterocycles. The minimum absolute atomic E-state index is 0.275. The zero-order chi connectivity index (χ0) is 12.4. The number of benzene rings is 1. The van der Waals surface area contributed by atoms with E-state index in [0.717, 1.165) is 22.8 Å². The quantitative estimate of drug-likeness (QED) is 0.803. The van der Waals surface area contributed by atoms with Crippen molar-refractivity contribution in [2.45, 2.75) is 26.8 Å². The van der Waals surface area contributed by atoms with Gasteiger partial charge in [0.1, 0.15) is 12.4 Å². The van der Waals surface area contributed by atoms with E-state index < -0.39 is 0 Å². The number of nitrogens with zero attached hydrogens (tertiary/aromatic N) is 1. The highest BCUT2D eigenvalue weighted by Gasteiger charge is 2.23. The first-order valence-corrected chi connectivity index (χ1v) is 5.97. The molecule has 0 amide bonds. The van der Waals surface area contributed by atoms with Gasteiger partial charge in [0, 0.05) is 5.56 Å². The molecule has 1 aliphatic heterocycles. The molecule has 0 radical (unpaired) electrons. The maximum atomic E-state index is 5.65. The van der Waals surface area contributed by atoms with Crippen LogP contribution in [0.25, 0.3) is 0 Å². The Balaban J connectivity index is 2.27. The van der Waals surface area contributed by atoms with Crippen LogP contribution in [0.5, 0.6) is 5.75 Å². The molecule has 0 fully saturated rings. The van der Waals surface area contributed by atoms with Gasteiger partial charge < -0.3 is 9.47 Å². The summed E-state index contributed by atoms with van der Waals surface area (Å²) >= 11 is 0. The summed E-state index contributed by atoms with van der Waals surface area (Å²) in [6.07, 6.45) is 0. The molecule has 0 aromatic heterocycles. The Morgan fingerprint density at radius 1 is 1.41 bits per heavy atom. The van der Waals surface area contributed by atoms with Gasteiger partial charge in [-0.25, -0.2) is 4.99 Å². The molecular weight excluding hydrogens is 214 g/mol. The topological polar surface area (TPSA) is 30.8 Å². The fourth-order valence-electron chi connectivity index (χ4n) is 1.84. The van der Waals surface area contributed by atoms with Gasteiger partial charge in [-0.1, -0.05) is 19.9 Å². The molecule has 3 nitrogen and oxygen atoms in total. The predicted octanol–water partition coefficient (Wildman–Crippen LogP) is 2.81. The third-order valence-electron chi connectivity index (χ3n) is 3.10. The number of aryl methyl sites for hydroxylation is 1. The van der Waals surface area contributed by atoms with E-state index in [9.17, 15) is 0 Å². The van der Waals surface area contributed by atoms with Crippen molar-refractivity contribution >= 4 is 5.90 Å². The zero-order valence-electron chi connectivity index (χ0n) is 10.9. The first-order chi connectivity index (χ1) is 8.11. The van der Waals surface area contributed by atoms with Crippen LogP contribution in [0.15, 0.2) is 23.2 Å². The normalized spacial score (nSPS) is 19.1. The second kappa shape index (κ2) is 4.78. The minimum Gasteiger partial charge on any atom is -0.496 e. The van der Waals surface area contributed by atoms with E-state index in [2.05, 4.69) is 18.8 Å². The first kappa shape index (κ1) is 12.0. The number of ether oxygens (including phenoxy) is 2. The summed E-state index contributed by atoms with van der Waals surface area (Å²) in [4.78, 5) is 4.60. The van der Waals surface area contributed by atoms with Gasteiger partial charge >= 0.3 is 0 Å². The van der Waals surface area contributed by atoms with E-state index >= 15 is 0 Å². The summed E-state index contributed by atoms with van der Waals surface area (Å²) in [5, 5.41) is 0. The van der Waals surface area contributed by atoms with Crippen LogP contribution in [0.4, 0.5) is 0 Å². The van der Waals surface area contributed by atoms with E-state index in [1.54, 1.807) is 7.11 Å². The summed E-state index contributed by atoms with van der Waals surface area (Å²) in [6, 6.07) is 6.32. The van der Waals surface area contributed by atoms with Crippen molar-refractivity contribution in [3.8, 4) is 5.75 Å². The number of aliphatic imine (C=N–C) groups is 1. The lowest BCUT2D eigenvalue weighted by Gasteiger charge is -2.07. The summed E-state index contributed by atoms with van der Waals surface area (Å²) in [5.41, 5.74) is 2.12. The molecule has 0 bridgehead atoms. The van der Waals surface area contributed by atoms with Crippen LogP contribution >= 0.6 is 0 Å². The van der Waals surface area contributed by atoms with E-state index in [-0.39, 0.29) is 6.04 Å². The van der Waals surface area contributed by atoms with Crippen molar-refractivity contribution in [2.75, 3.05) is 13.7 Å². The monoisotopic (exact) mass is 233 g/mol. The molecule has 17 heavy (non-hydrogen) atoms. The molecule has 2 rings (SSSR count). The molecule has 0 spiro atoms. The largest absolute Gasteiger partial charge is 0.496 e. The van der Waals surface area contributed by atoms with Gasteiger partial charge in [-0.05, 0) is 30.5 Å². The third kappa shape index (κ3) is 2.43. The smallest absolute Gasteiger partial charge is 0.216 e. The second-order valence-electron chi connectivity index (χ2n) is 4.74. The van der Waals surface area contributed by atoms with Crippen LogP contribution in [0, 0.1) is 12.8 Å². The molecule has 3 heteroatoms. The minimum atomic E-state index is 0.275. The van der Waals surface area contributed by atoms with Crippen molar-refractivity contribution in [3.05, 3.63) is 29.3 Å². The van der Waals surface area contributed by atoms with E-state index in [4.69, 9.17) is 9.47 Å². The van der Waals surface area contributed by atoms with Crippen molar-refractivity contribution < 1.29 is 9.47 Å². The molecule has 0 N–H and O–H groups in total. The van der Waals surface area contributed by atoms with Crippen molar-refractivity contribution in [2.24, 2.45) is 10.9 Å². The van der Waals surface area contributed by atoms with Crippen LogP contribution in [0.2, 0.25) is 0 Å². The van der Waals surface area contributed by atoms with Gasteiger partial charge in [0.15, 0.2) is 0 Å². The van der Waals surface area contributed by atoms with Gasteiger partial charge in [0.05, 0.1) is 13.2 Å². The fraction of sp³-hybridized carbons (Fsp3) is 0.500. The maximum Gasteiger partial charge on any atom is 0.216 e. The molecule has 92 valence electrons. The van der Waals surface area contributed by atoms with Gasteiger partial charge in [-0.15, -0.1) is 0 Å². The lowest BCUT2D eigenvalue weighted by Crippen LogP contribution is -2.13. The summed E-state index contributed by atoms with van der Waals surface area (Å²) < 4.78 is 11.0. The SMILES string of the molecule is COc1cc(C2=N[C@@H](C(C)C)CO2)ccc1C. The molecule has 0 unspecified atom stereocenters. The lowest BCUT2D eigenvalue weighted by molar-refractivity contribution is 0.291. The molecule has 0 saturated carbocycles. The Morgan fingerprint density at radius 2 is 2.18 bits per heavy atom.